The third-order valence-electron chi connectivity index (χ3n) is 3.42. The largest absolute Gasteiger partial charge is 0.508 e. The predicted octanol–water partition coefficient (Wildman–Crippen LogP) is 3.77. The zero-order valence-electron chi connectivity index (χ0n) is 9.78. The Labute approximate surface area is 97.7 Å². The molecule has 0 saturated heterocycles. The van der Waals surface area contributed by atoms with Crippen LogP contribution in [-0.4, -0.2) is 11.7 Å². The van der Waals surface area contributed by atoms with E-state index in [1.54, 1.807) is 12.1 Å². The molecule has 1 aromatic rings. The monoisotopic (exact) mass is 219 g/mol. The van der Waals surface area contributed by atoms with Gasteiger partial charge >= 0.3 is 0 Å². The minimum absolute atomic E-state index is 0.339. The second-order valence-electron chi connectivity index (χ2n) is 4.79. The van der Waals surface area contributed by atoms with Crippen LogP contribution in [0.1, 0.15) is 38.5 Å². The predicted molar refractivity (Wildman–Crippen MR) is 67.8 cm³/mol. The van der Waals surface area contributed by atoms with Crippen molar-refractivity contribution in [3.8, 4) is 5.75 Å². The summed E-state index contributed by atoms with van der Waals surface area (Å²) >= 11 is 0. The molecule has 1 aromatic carbocycles. The summed E-state index contributed by atoms with van der Waals surface area (Å²) < 4.78 is 0. The van der Waals surface area contributed by atoms with Crippen LogP contribution >= 0.6 is 0 Å². The molecule has 1 fully saturated rings. The molecule has 2 heteroatoms. The van der Waals surface area contributed by atoms with Crippen LogP contribution in [0.25, 0.3) is 0 Å². The molecule has 0 aliphatic heterocycles. The molecule has 0 atom stereocenters. The number of phenolic OH excluding ortho intramolecular Hbond substituents is 1. The number of hydrogen-bond donors (Lipinski definition) is 2. The van der Waals surface area contributed by atoms with E-state index in [-0.39, 0.29) is 0 Å². The average molecular weight is 219 g/mol. The van der Waals surface area contributed by atoms with Crippen molar-refractivity contribution in [2.45, 2.75) is 38.5 Å². The highest BCUT2D eigenvalue weighted by atomic mass is 16.3. The highest BCUT2D eigenvalue weighted by Crippen LogP contribution is 2.23. The average Bonchev–Trinajstić information content (AvgIpc) is 2.55. The van der Waals surface area contributed by atoms with E-state index in [9.17, 15) is 5.11 Å². The zero-order valence-corrected chi connectivity index (χ0v) is 9.78. The van der Waals surface area contributed by atoms with E-state index in [1.165, 1.54) is 38.5 Å². The van der Waals surface area contributed by atoms with Gasteiger partial charge in [-0.15, -0.1) is 0 Å². The Morgan fingerprint density at radius 2 is 1.88 bits per heavy atom. The lowest BCUT2D eigenvalue weighted by Crippen LogP contribution is -2.13. The number of rotatable bonds is 3. The normalized spacial score (nSPS) is 18.0. The molecule has 2 nitrogen and oxygen atoms in total. The Bertz CT molecular complexity index is 316. The Balaban J connectivity index is 1.81. The first-order valence-corrected chi connectivity index (χ1v) is 6.37. The van der Waals surface area contributed by atoms with Crippen molar-refractivity contribution >= 4 is 5.69 Å². The Morgan fingerprint density at radius 1 is 1.12 bits per heavy atom. The summed E-state index contributed by atoms with van der Waals surface area (Å²) in [5, 5.41) is 12.8. The van der Waals surface area contributed by atoms with E-state index in [0.717, 1.165) is 18.2 Å². The molecule has 0 spiro atoms. The van der Waals surface area contributed by atoms with Crippen molar-refractivity contribution in [1.29, 1.82) is 0 Å². The van der Waals surface area contributed by atoms with Gasteiger partial charge in [0, 0.05) is 18.3 Å². The lowest BCUT2D eigenvalue weighted by molar-refractivity contribution is 0.474. The lowest BCUT2D eigenvalue weighted by atomic mass is 10.0. The Hall–Kier alpha value is -1.18. The SMILES string of the molecule is Oc1cccc(NCC2CCCCCC2)c1. The smallest absolute Gasteiger partial charge is 0.117 e. The van der Waals surface area contributed by atoms with Gasteiger partial charge in [0.15, 0.2) is 0 Å². The molecule has 1 saturated carbocycles. The summed E-state index contributed by atoms with van der Waals surface area (Å²) in [4.78, 5) is 0. The van der Waals surface area contributed by atoms with E-state index >= 15 is 0 Å². The lowest BCUT2D eigenvalue weighted by Gasteiger charge is -2.15. The molecule has 0 aromatic heterocycles. The summed E-state index contributed by atoms with van der Waals surface area (Å²) in [7, 11) is 0. The van der Waals surface area contributed by atoms with Crippen molar-refractivity contribution in [2.75, 3.05) is 11.9 Å². The van der Waals surface area contributed by atoms with Crippen molar-refractivity contribution in [3.05, 3.63) is 24.3 Å². The molecule has 2 N–H and O–H groups in total. The molecule has 0 radical (unpaired) electrons. The molecule has 2 rings (SSSR count). The third-order valence-corrected chi connectivity index (χ3v) is 3.42. The van der Waals surface area contributed by atoms with Gasteiger partial charge in [0.05, 0.1) is 0 Å². The molecule has 16 heavy (non-hydrogen) atoms. The molecule has 0 amide bonds. The minimum atomic E-state index is 0.339. The van der Waals surface area contributed by atoms with Gasteiger partial charge in [-0.1, -0.05) is 31.7 Å². The maximum absolute atomic E-state index is 9.36. The van der Waals surface area contributed by atoms with Crippen LogP contribution in [0, 0.1) is 5.92 Å². The van der Waals surface area contributed by atoms with E-state index < -0.39 is 0 Å². The van der Waals surface area contributed by atoms with Crippen molar-refractivity contribution in [3.63, 3.8) is 0 Å². The number of anilines is 1. The highest BCUT2D eigenvalue weighted by Gasteiger charge is 2.11. The fourth-order valence-corrected chi connectivity index (χ4v) is 2.45. The first-order chi connectivity index (χ1) is 7.84. The summed E-state index contributed by atoms with van der Waals surface area (Å²) in [6.45, 7) is 1.05. The molecule has 1 aliphatic rings. The van der Waals surface area contributed by atoms with Crippen LogP contribution in [0.15, 0.2) is 24.3 Å². The topological polar surface area (TPSA) is 32.3 Å². The maximum Gasteiger partial charge on any atom is 0.117 e. The van der Waals surface area contributed by atoms with Crippen molar-refractivity contribution in [2.24, 2.45) is 5.92 Å². The van der Waals surface area contributed by atoms with E-state index in [1.807, 2.05) is 12.1 Å². The van der Waals surface area contributed by atoms with Crippen LogP contribution in [0.3, 0.4) is 0 Å². The molecular formula is C14H21NO. The van der Waals surface area contributed by atoms with Crippen LogP contribution in [-0.2, 0) is 0 Å². The number of phenols is 1. The van der Waals surface area contributed by atoms with Gasteiger partial charge in [0.2, 0.25) is 0 Å². The highest BCUT2D eigenvalue weighted by molar-refractivity contribution is 5.47. The van der Waals surface area contributed by atoms with Gasteiger partial charge in [-0.25, -0.2) is 0 Å². The third kappa shape index (κ3) is 3.44. The maximum atomic E-state index is 9.36. The van der Waals surface area contributed by atoms with Gasteiger partial charge in [-0.05, 0) is 30.9 Å². The van der Waals surface area contributed by atoms with Crippen LogP contribution in [0.2, 0.25) is 0 Å². The van der Waals surface area contributed by atoms with Crippen molar-refractivity contribution < 1.29 is 5.11 Å². The fraction of sp³-hybridized carbons (Fsp3) is 0.571. The standard InChI is InChI=1S/C14H21NO/c16-14-9-5-8-13(10-14)15-11-12-6-3-1-2-4-7-12/h5,8-10,12,15-16H,1-4,6-7,11H2. The fourth-order valence-electron chi connectivity index (χ4n) is 2.45. The van der Waals surface area contributed by atoms with E-state index in [0.29, 0.717) is 5.75 Å². The molecule has 88 valence electrons. The second-order valence-corrected chi connectivity index (χ2v) is 4.79. The minimum Gasteiger partial charge on any atom is -0.508 e. The Kier molecular flexibility index (Phi) is 4.09. The summed E-state index contributed by atoms with van der Waals surface area (Å²) in [6, 6.07) is 7.38. The molecule has 0 bridgehead atoms. The van der Waals surface area contributed by atoms with E-state index in [2.05, 4.69) is 5.32 Å². The number of benzene rings is 1. The molecule has 0 heterocycles. The summed E-state index contributed by atoms with van der Waals surface area (Å²) in [6.07, 6.45) is 8.28. The van der Waals surface area contributed by atoms with Gasteiger partial charge in [0.25, 0.3) is 0 Å². The quantitative estimate of drug-likeness (QED) is 0.758. The number of nitrogens with one attached hydrogen (secondary N) is 1. The molecule has 1 aliphatic carbocycles. The summed E-state index contributed by atoms with van der Waals surface area (Å²) in [5.41, 5.74) is 1.03. The van der Waals surface area contributed by atoms with Crippen LogP contribution in [0.4, 0.5) is 5.69 Å². The van der Waals surface area contributed by atoms with Crippen molar-refractivity contribution in [1.82, 2.24) is 0 Å². The van der Waals surface area contributed by atoms with Gasteiger partial charge in [-0.3, -0.25) is 0 Å². The zero-order chi connectivity index (χ0) is 11.2. The molecular weight excluding hydrogens is 198 g/mol. The van der Waals surface area contributed by atoms with Crippen LogP contribution < -0.4 is 5.32 Å². The van der Waals surface area contributed by atoms with Gasteiger partial charge in [0.1, 0.15) is 5.75 Å². The molecule has 0 unspecified atom stereocenters. The van der Waals surface area contributed by atoms with Crippen LogP contribution in [0.5, 0.6) is 5.75 Å². The first-order valence-electron chi connectivity index (χ1n) is 6.37. The second kappa shape index (κ2) is 5.78. The summed E-state index contributed by atoms with van der Waals surface area (Å²) in [5.74, 6) is 1.15. The van der Waals surface area contributed by atoms with Gasteiger partial charge in [-0.2, -0.15) is 0 Å². The number of hydrogen-bond acceptors (Lipinski definition) is 2. The first kappa shape index (κ1) is 11.3. The van der Waals surface area contributed by atoms with Gasteiger partial charge < -0.3 is 10.4 Å². The number of aromatic hydroxyl groups is 1. The van der Waals surface area contributed by atoms with E-state index in [4.69, 9.17) is 0 Å². The Morgan fingerprint density at radius 3 is 2.56 bits per heavy atom.